The molecule has 0 bridgehead atoms. The number of anilines is 1. The van der Waals surface area contributed by atoms with Crippen molar-refractivity contribution in [2.75, 3.05) is 18.1 Å². The maximum atomic E-state index is 6.15. The summed E-state index contributed by atoms with van der Waals surface area (Å²) in [6.45, 7) is 4.12. The zero-order chi connectivity index (χ0) is 13.0. The van der Waals surface area contributed by atoms with Gasteiger partial charge in [-0.3, -0.25) is 5.01 Å². The highest BCUT2D eigenvalue weighted by atomic mass is 15.4. The first-order valence-electron chi connectivity index (χ1n) is 6.46. The largest absolute Gasteiger partial charge is 0.401 e. The lowest BCUT2D eigenvalue weighted by molar-refractivity contribution is 0.416. The molecule has 2 rings (SSSR count). The Morgan fingerprint density at radius 2 is 2.00 bits per heavy atom. The van der Waals surface area contributed by atoms with Gasteiger partial charge in [-0.2, -0.15) is 0 Å². The SMILES string of the molecule is Cc1ccccc1N(N)/C=C(\N)C1CCNCC1. The maximum Gasteiger partial charge on any atom is 0.0598 e. The molecule has 0 unspecified atom stereocenters. The van der Waals surface area contributed by atoms with Crippen LogP contribution in [0, 0.1) is 12.8 Å². The van der Waals surface area contributed by atoms with E-state index in [9.17, 15) is 0 Å². The number of piperidine rings is 1. The van der Waals surface area contributed by atoms with Crippen molar-refractivity contribution in [1.82, 2.24) is 5.32 Å². The molecule has 1 aromatic carbocycles. The van der Waals surface area contributed by atoms with Gasteiger partial charge in [0.2, 0.25) is 0 Å². The minimum absolute atomic E-state index is 0.446. The van der Waals surface area contributed by atoms with E-state index in [0.717, 1.165) is 42.9 Å². The van der Waals surface area contributed by atoms with Gasteiger partial charge in [-0.25, -0.2) is 5.84 Å². The van der Waals surface area contributed by atoms with Gasteiger partial charge >= 0.3 is 0 Å². The maximum absolute atomic E-state index is 6.15. The predicted molar refractivity (Wildman–Crippen MR) is 75.7 cm³/mol. The standard InChI is InChI=1S/C14H22N4/c1-11-4-2-3-5-14(11)18(16)10-13(15)12-6-8-17-9-7-12/h2-5,10,12,17H,6-9,15-16H2,1H3/b13-10-. The second kappa shape index (κ2) is 5.89. The monoisotopic (exact) mass is 246 g/mol. The van der Waals surface area contributed by atoms with E-state index in [1.807, 2.05) is 37.4 Å². The summed E-state index contributed by atoms with van der Waals surface area (Å²) in [5.41, 5.74) is 9.17. The summed E-state index contributed by atoms with van der Waals surface area (Å²) in [5, 5.41) is 4.97. The van der Waals surface area contributed by atoms with Crippen LogP contribution in [0.15, 0.2) is 36.2 Å². The predicted octanol–water partition coefficient (Wildman–Crippen LogP) is 1.47. The van der Waals surface area contributed by atoms with Gasteiger partial charge < -0.3 is 11.1 Å². The topological polar surface area (TPSA) is 67.3 Å². The molecule has 0 aromatic heterocycles. The summed E-state index contributed by atoms with van der Waals surface area (Å²) in [7, 11) is 0. The number of hydrazine groups is 1. The van der Waals surface area contributed by atoms with Gasteiger partial charge in [0, 0.05) is 17.8 Å². The fraction of sp³-hybridized carbons (Fsp3) is 0.429. The Kier molecular flexibility index (Phi) is 4.23. The van der Waals surface area contributed by atoms with E-state index in [2.05, 4.69) is 5.32 Å². The highest BCUT2D eigenvalue weighted by molar-refractivity contribution is 5.54. The van der Waals surface area contributed by atoms with Crippen molar-refractivity contribution in [3.8, 4) is 0 Å². The molecule has 0 amide bonds. The average molecular weight is 246 g/mol. The van der Waals surface area contributed by atoms with Crippen LogP contribution in [0.2, 0.25) is 0 Å². The van der Waals surface area contributed by atoms with Gasteiger partial charge in [0.1, 0.15) is 0 Å². The van der Waals surface area contributed by atoms with Gasteiger partial charge in [-0.05, 0) is 44.5 Å². The fourth-order valence-electron chi connectivity index (χ4n) is 2.34. The number of hydrogen-bond acceptors (Lipinski definition) is 4. The average Bonchev–Trinajstić information content (AvgIpc) is 2.40. The summed E-state index contributed by atoms with van der Waals surface area (Å²) in [4.78, 5) is 0. The third-order valence-electron chi connectivity index (χ3n) is 3.49. The number of benzene rings is 1. The third-order valence-corrected chi connectivity index (χ3v) is 3.49. The van der Waals surface area contributed by atoms with Crippen LogP contribution in [-0.2, 0) is 0 Å². The van der Waals surface area contributed by atoms with Crippen molar-refractivity contribution < 1.29 is 0 Å². The van der Waals surface area contributed by atoms with Crippen LogP contribution in [0.3, 0.4) is 0 Å². The Labute approximate surface area is 109 Å². The molecule has 1 aromatic rings. The van der Waals surface area contributed by atoms with Gasteiger partial charge in [0.15, 0.2) is 0 Å². The molecule has 98 valence electrons. The molecule has 1 heterocycles. The number of allylic oxidation sites excluding steroid dienone is 1. The number of para-hydroxylation sites is 1. The Bertz CT molecular complexity index is 422. The van der Waals surface area contributed by atoms with Crippen LogP contribution in [0.25, 0.3) is 0 Å². The molecular weight excluding hydrogens is 224 g/mol. The van der Waals surface area contributed by atoms with Crippen molar-refractivity contribution in [3.63, 3.8) is 0 Å². The van der Waals surface area contributed by atoms with Crippen LogP contribution in [0.5, 0.6) is 0 Å². The number of nitrogens with one attached hydrogen (secondary N) is 1. The number of nitrogens with zero attached hydrogens (tertiary/aromatic N) is 1. The van der Waals surface area contributed by atoms with Gasteiger partial charge in [-0.15, -0.1) is 0 Å². The van der Waals surface area contributed by atoms with E-state index >= 15 is 0 Å². The number of hydrogen-bond donors (Lipinski definition) is 3. The van der Waals surface area contributed by atoms with Crippen LogP contribution < -0.4 is 21.9 Å². The molecule has 1 fully saturated rings. The smallest absolute Gasteiger partial charge is 0.0598 e. The van der Waals surface area contributed by atoms with Crippen LogP contribution in [0.1, 0.15) is 18.4 Å². The normalized spacial score (nSPS) is 17.8. The molecule has 0 aliphatic carbocycles. The quantitative estimate of drug-likeness (QED) is 0.558. The van der Waals surface area contributed by atoms with E-state index in [0.29, 0.717) is 5.92 Å². The molecule has 5 N–H and O–H groups in total. The molecule has 1 aliphatic rings. The zero-order valence-corrected chi connectivity index (χ0v) is 10.9. The number of rotatable bonds is 3. The Hall–Kier alpha value is -1.52. The molecule has 1 aliphatic heterocycles. The molecule has 4 heteroatoms. The first-order chi connectivity index (χ1) is 8.68. The molecule has 0 spiro atoms. The fourth-order valence-corrected chi connectivity index (χ4v) is 2.34. The highest BCUT2D eigenvalue weighted by Gasteiger charge is 2.16. The van der Waals surface area contributed by atoms with Gasteiger partial charge in [0.25, 0.3) is 0 Å². The Morgan fingerprint density at radius 1 is 1.33 bits per heavy atom. The summed E-state index contributed by atoms with van der Waals surface area (Å²) < 4.78 is 0. The molecule has 0 saturated carbocycles. The zero-order valence-electron chi connectivity index (χ0n) is 10.9. The second-order valence-corrected chi connectivity index (χ2v) is 4.85. The van der Waals surface area contributed by atoms with Gasteiger partial charge in [0.05, 0.1) is 5.69 Å². The first-order valence-corrected chi connectivity index (χ1v) is 6.46. The molecule has 1 saturated heterocycles. The lowest BCUT2D eigenvalue weighted by Gasteiger charge is -2.25. The number of nitrogens with two attached hydrogens (primary N) is 2. The summed E-state index contributed by atoms with van der Waals surface area (Å²) >= 11 is 0. The summed E-state index contributed by atoms with van der Waals surface area (Å²) in [6.07, 6.45) is 4.03. The van der Waals surface area contributed by atoms with E-state index in [1.165, 1.54) is 0 Å². The first kappa shape index (κ1) is 12.9. The third kappa shape index (κ3) is 3.03. The molecule has 4 nitrogen and oxygen atoms in total. The van der Waals surface area contributed by atoms with Crippen LogP contribution in [0.4, 0.5) is 5.69 Å². The minimum Gasteiger partial charge on any atom is -0.401 e. The van der Waals surface area contributed by atoms with Crippen molar-refractivity contribution in [2.45, 2.75) is 19.8 Å². The van der Waals surface area contributed by atoms with E-state index in [4.69, 9.17) is 11.6 Å². The van der Waals surface area contributed by atoms with Crippen molar-refractivity contribution in [2.24, 2.45) is 17.5 Å². The lowest BCUT2D eigenvalue weighted by atomic mass is 9.95. The second-order valence-electron chi connectivity index (χ2n) is 4.85. The summed E-state index contributed by atoms with van der Waals surface area (Å²) in [6, 6.07) is 8.04. The van der Waals surface area contributed by atoms with Gasteiger partial charge in [-0.1, -0.05) is 18.2 Å². The summed E-state index contributed by atoms with van der Waals surface area (Å²) in [5.74, 6) is 6.51. The molecule has 0 atom stereocenters. The van der Waals surface area contributed by atoms with E-state index < -0.39 is 0 Å². The van der Waals surface area contributed by atoms with E-state index in [1.54, 1.807) is 5.01 Å². The van der Waals surface area contributed by atoms with Crippen molar-refractivity contribution in [1.29, 1.82) is 0 Å². The molecule has 18 heavy (non-hydrogen) atoms. The van der Waals surface area contributed by atoms with E-state index in [-0.39, 0.29) is 0 Å². The number of aryl methyl sites for hydroxylation is 1. The Morgan fingerprint density at radius 3 is 2.67 bits per heavy atom. The van der Waals surface area contributed by atoms with Crippen molar-refractivity contribution in [3.05, 3.63) is 41.7 Å². The van der Waals surface area contributed by atoms with Crippen LogP contribution >= 0.6 is 0 Å². The van der Waals surface area contributed by atoms with Crippen molar-refractivity contribution >= 4 is 5.69 Å². The highest BCUT2D eigenvalue weighted by Crippen LogP contribution is 2.21. The molecular formula is C14H22N4. The van der Waals surface area contributed by atoms with Crippen LogP contribution in [-0.4, -0.2) is 13.1 Å². The minimum atomic E-state index is 0.446. The Balaban J connectivity index is 2.09. The molecule has 0 radical (unpaired) electrons. The lowest BCUT2D eigenvalue weighted by Crippen LogP contribution is -2.33.